The first-order valence-corrected chi connectivity index (χ1v) is 7.23. The average Bonchev–Trinajstić information content (AvgIpc) is 2.66. The van der Waals surface area contributed by atoms with Crippen molar-refractivity contribution in [3.63, 3.8) is 0 Å². The summed E-state index contributed by atoms with van der Waals surface area (Å²) >= 11 is 6.22. The summed E-state index contributed by atoms with van der Waals surface area (Å²) in [6.45, 7) is 0. The van der Waals surface area contributed by atoms with E-state index in [2.05, 4.69) is 11.9 Å². The molecule has 104 valence electrons. The van der Waals surface area contributed by atoms with Crippen LogP contribution in [0, 0.1) is 0 Å². The van der Waals surface area contributed by atoms with Gasteiger partial charge in [-0.15, -0.1) is 0 Å². The molecule has 1 aliphatic rings. The summed E-state index contributed by atoms with van der Waals surface area (Å²) in [5.41, 5.74) is 1.17. The Balaban J connectivity index is 2.18. The molecule has 1 aromatic rings. The fourth-order valence-electron chi connectivity index (χ4n) is 2.77. The highest BCUT2D eigenvalue weighted by Crippen LogP contribution is 2.31. The van der Waals surface area contributed by atoms with Crippen LogP contribution in [0.4, 0.5) is 5.69 Å². The van der Waals surface area contributed by atoms with Crippen molar-refractivity contribution < 1.29 is 9.90 Å². The number of halogens is 1. The minimum atomic E-state index is -0.939. The molecule has 0 aliphatic heterocycles. The maximum atomic E-state index is 10.9. The average molecular weight is 282 g/mol. The first-order chi connectivity index (χ1) is 9.09. The molecule has 0 spiro atoms. The SMILES string of the molecule is CN(c1ccc(C(=O)O)cc1Cl)C1CCCCCC1. The number of hydrogen-bond donors (Lipinski definition) is 1. The Morgan fingerprint density at radius 2 is 1.89 bits per heavy atom. The summed E-state index contributed by atoms with van der Waals surface area (Å²) in [5.74, 6) is -0.939. The van der Waals surface area contributed by atoms with E-state index in [0.29, 0.717) is 11.1 Å². The van der Waals surface area contributed by atoms with E-state index in [1.165, 1.54) is 44.6 Å². The molecule has 0 unspecified atom stereocenters. The van der Waals surface area contributed by atoms with Crippen LogP contribution in [0.15, 0.2) is 18.2 Å². The van der Waals surface area contributed by atoms with Crippen LogP contribution in [0.1, 0.15) is 48.9 Å². The van der Waals surface area contributed by atoms with Gasteiger partial charge in [-0.2, -0.15) is 0 Å². The van der Waals surface area contributed by atoms with Crippen LogP contribution in [-0.2, 0) is 0 Å². The van der Waals surface area contributed by atoms with Crippen molar-refractivity contribution in [2.45, 2.75) is 44.6 Å². The van der Waals surface area contributed by atoms with E-state index in [-0.39, 0.29) is 5.56 Å². The van der Waals surface area contributed by atoms with E-state index in [1.807, 2.05) is 6.07 Å². The van der Waals surface area contributed by atoms with Crippen molar-refractivity contribution >= 4 is 23.3 Å². The number of carboxylic acid groups (broad SMARTS) is 1. The van der Waals surface area contributed by atoms with Gasteiger partial charge in [-0.05, 0) is 31.0 Å². The highest BCUT2D eigenvalue weighted by molar-refractivity contribution is 6.33. The first kappa shape index (κ1) is 14.2. The lowest BCUT2D eigenvalue weighted by molar-refractivity contribution is 0.0697. The Morgan fingerprint density at radius 3 is 2.42 bits per heavy atom. The lowest BCUT2D eigenvalue weighted by atomic mass is 10.1. The van der Waals surface area contributed by atoms with Gasteiger partial charge in [0.25, 0.3) is 0 Å². The topological polar surface area (TPSA) is 40.5 Å². The van der Waals surface area contributed by atoms with Crippen LogP contribution in [-0.4, -0.2) is 24.2 Å². The number of hydrogen-bond acceptors (Lipinski definition) is 2. The van der Waals surface area contributed by atoms with Gasteiger partial charge < -0.3 is 10.0 Å². The van der Waals surface area contributed by atoms with Crippen LogP contribution in [0.3, 0.4) is 0 Å². The van der Waals surface area contributed by atoms with Gasteiger partial charge in [0, 0.05) is 13.1 Å². The zero-order valence-electron chi connectivity index (χ0n) is 11.2. The van der Waals surface area contributed by atoms with Crippen LogP contribution < -0.4 is 4.90 Å². The second-order valence-electron chi connectivity index (χ2n) is 5.23. The van der Waals surface area contributed by atoms with Crippen LogP contribution in [0.25, 0.3) is 0 Å². The molecule has 4 heteroatoms. The number of anilines is 1. The summed E-state index contributed by atoms with van der Waals surface area (Å²) in [6, 6.07) is 5.48. The molecule has 19 heavy (non-hydrogen) atoms. The number of carbonyl (C=O) groups is 1. The molecule has 1 saturated carbocycles. The van der Waals surface area contributed by atoms with Gasteiger partial charge >= 0.3 is 5.97 Å². The summed E-state index contributed by atoms with van der Waals surface area (Å²) in [7, 11) is 2.05. The molecule has 0 bridgehead atoms. The highest BCUT2D eigenvalue weighted by atomic mass is 35.5. The van der Waals surface area contributed by atoms with Crippen LogP contribution in [0.5, 0.6) is 0 Å². The minimum absolute atomic E-state index is 0.239. The molecule has 0 saturated heterocycles. The van der Waals surface area contributed by atoms with Crippen molar-refractivity contribution in [3.05, 3.63) is 28.8 Å². The Hall–Kier alpha value is -1.22. The van der Waals surface area contributed by atoms with E-state index >= 15 is 0 Å². The maximum Gasteiger partial charge on any atom is 0.335 e. The molecule has 0 aromatic heterocycles. The third-order valence-corrected chi connectivity index (χ3v) is 4.25. The molecule has 1 fully saturated rings. The lowest BCUT2D eigenvalue weighted by Crippen LogP contribution is -2.31. The minimum Gasteiger partial charge on any atom is -0.478 e. The summed E-state index contributed by atoms with van der Waals surface area (Å²) < 4.78 is 0. The Labute approximate surface area is 119 Å². The second kappa shape index (κ2) is 6.29. The van der Waals surface area contributed by atoms with Crippen molar-refractivity contribution in [1.82, 2.24) is 0 Å². The predicted octanol–water partition coefficient (Wildman–Crippen LogP) is 4.20. The standard InChI is InChI=1S/C15H20ClNO2/c1-17(12-6-4-2-3-5-7-12)14-9-8-11(15(18)19)10-13(14)16/h8-10,12H,2-7H2,1H3,(H,18,19). The monoisotopic (exact) mass is 281 g/mol. The second-order valence-corrected chi connectivity index (χ2v) is 5.63. The van der Waals surface area contributed by atoms with Gasteiger partial charge in [-0.25, -0.2) is 4.79 Å². The van der Waals surface area contributed by atoms with Gasteiger partial charge in [0.2, 0.25) is 0 Å². The number of rotatable bonds is 3. The number of aromatic carboxylic acids is 1. The van der Waals surface area contributed by atoms with Crippen LogP contribution >= 0.6 is 11.6 Å². The van der Waals surface area contributed by atoms with Crippen LogP contribution in [0.2, 0.25) is 5.02 Å². The normalized spacial score (nSPS) is 16.9. The van der Waals surface area contributed by atoms with Gasteiger partial charge in [0.05, 0.1) is 16.3 Å². The summed E-state index contributed by atoms with van der Waals surface area (Å²) in [6.07, 6.45) is 7.53. The van der Waals surface area contributed by atoms with E-state index in [4.69, 9.17) is 16.7 Å². The maximum absolute atomic E-state index is 10.9. The number of carboxylic acids is 1. The molecule has 3 nitrogen and oxygen atoms in total. The first-order valence-electron chi connectivity index (χ1n) is 6.85. The third kappa shape index (κ3) is 3.41. The summed E-state index contributed by atoms with van der Waals surface area (Å²) in [5, 5.41) is 9.47. The lowest BCUT2D eigenvalue weighted by Gasteiger charge is -2.30. The van der Waals surface area contributed by atoms with E-state index < -0.39 is 5.97 Å². The molecular weight excluding hydrogens is 262 g/mol. The third-order valence-electron chi connectivity index (χ3n) is 3.95. The quantitative estimate of drug-likeness (QED) is 0.844. The van der Waals surface area contributed by atoms with E-state index in [0.717, 1.165) is 5.69 Å². The Kier molecular flexibility index (Phi) is 4.70. The molecule has 0 heterocycles. The van der Waals surface area contributed by atoms with Crippen molar-refractivity contribution in [2.75, 3.05) is 11.9 Å². The highest BCUT2D eigenvalue weighted by Gasteiger charge is 2.19. The van der Waals surface area contributed by atoms with Gasteiger partial charge in [-0.1, -0.05) is 37.3 Å². The van der Waals surface area contributed by atoms with Crippen molar-refractivity contribution in [3.8, 4) is 0 Å². The number of benzene rings is 1. The van der Waals surface area contributed by atoms with Crippen molar-refractivity contribution in [1.29, 1.82) is 0 Å². The van der Waals surface area contributed by atoms with Gasteiger partial charge in [0.15, 0.2) is 0 Å². The number of nitrogens with zero attached hydrogens (tertiary/aromatic N) is 1. The molecule has 0 amide bonds. The molecule has 1 N–H and O–H groups in total. The van der Waals surface area contributed by atoms with Crippen molar-refractivity contribution in [2.24, 2.45) is 0 Å². The largest absolute Gasteiger partial charge is 0.478 e. The zero-order valence-corrected chi connectivity index (χ0v) is 12.0. The Bertz CT molecular complexity index is 453. The molecule has 1 aliphatic carbocycles. The fourth-order valence-corrected chi connectivity index (χ4v) is 3.08. The molecule has 0 atom stereocenters. The van der Waals surface area contributed by atoms with E-state index in [1.54, 1.807) is 6.07 Å². The smallest absolute Gasteiger partial charge is 0.335 e. The molecular formula is C15H20ClNO2. The molecule has 1 aromatic carbocycles. The van der Waals surface area contributed by atoms with Gasteiger partial charge in [-0.3, -0.25) is 0 Å². The summed E-state index contributed by atoms with van der Waals surface area (Å²) in [4.78, 5) is 13.1. The zero-order chi connectivity index (χ0) is 13.8. The molecule has 0 radical (unpaired) electrons. The fraction of sp³-hybridized carbons (Fsp3) is 0.533. The van der Waals surface area contributed by atoms with Gasteiger partial charge in [0.1, 0.15) is 0 Å². The van der Waals surface area contributed by atoms with E-state index in [9.17, 15) is 4.79 Å². The predicted molar refractivity (Wildman–Crippen MR) is 78.3 cm³/mol. The Morgan fingerprint density at radius 1 is 1.26 bits per heavy atom. The molecule has 2 rings (SSSR count).